The zero-order chi connectivity index (χ0) is 13.1. The van der Waals surface area contributed by atoms with Crippen molar-refractivity contribution in [1.29, 1.82) is 0 Å². The van der Waals surface area contributed by atoms with E-state index in [1.807, 2.05) is 0 Å². The molecule has 1 unspecified atom stereocenters. The Balaban J connectivity index is 2.21. The van der Waals surface area contributed by atoms with Crippen molar-refractivity contribution in [2.24, 2.45) is 0 Å². The van der Waals surface area contributed by atoms with E-state index in [1.54, 1.807) is 13.0 Å². The number of aliphatic hydroxyl groups excluding tert-OH is 1. The van der Waals surface area contributed by atoms with Crippen LogP contribution in [0.3, 0.4) is 0 Å². The zero-order valence-corrected chi connectivity index (χ0v) is 9.77. The Hall–Kier alpha value is -1.88. The lowest BCUT2D eigenvalue weighted by atomic mass is 10.0. The molecule has 1 N–H and O–H groups in total. The van der Waals surface area contributed by atoms with E-state index in [4.69, 9.17) is 0 Å². The highest BCUT2D eigenvalue weighted by atomic mass is 19.2. The number of aromatic nitrogens is 2. The first-order valence-electron chi connectivity index (χ1n) is 5.48. The highest BCUT2D eigenvalue weighted by Gasteiger charge is 2.15. The third-order valence-corrected chi connectivity index (χ3v) is 2.58. The van der Waals surface area contributed by atoms with Crippen molar-refractivity contribution in [3.63, 3.8) is 0 Å². The van der Waals surface area contributed by atoms with E-state index in [0.29, 0.717) is 11.5 Å². The fourth-order valence-corrected chi connectivity index (χ4v) is 1.68. The minimum atomic E-state index is -0.983. The second-order valence-corrected chi connectivity index (χ2v) is 3.96. The monoisotopic (exact) mass is 250 g/mol. The third kappa shape index (κ3) is 2.68. The van der Waals surface area contributed by atoms with Crippen molar-refractivity contribution in [2.75, 3.05) is 0 Å². The molecule has 0 aliphatic heterocycles. The van der Waals surface area contributed by atoms with Crippen molar-refractivity contribution >= 4 is 0 Å². The molecule has 3 nitrogen and oxygen atoms in total. The second-order valence-electron chi connectivity index (χ2n) is 3.96. The SMILES string of the molecule is Cc1nccc(C(O)Cc2cccc(F)c2F)n1. The molecule has 1 atom stereocenters. The first kappa shape index (κ1) is 12.6. The van der Waals surface area contributed by atoms with Gasteiger partial charge in [-0.2, -0.15) is 0 Å². The van der Waals surface area contributed by atoms with Gasteiger partial charge in [0.15, 0.2) is 11.6 Å². The molecular formula is C13H12F2N2O. The van der Waals surface area contributed by atoms with E-state index in [1.165, 1.54) is 18.3 Å². The number of halogens is 2. The van der Waals surface area contributed by atoms with Gasteiger partial charge >= 0.3 is 0 Å². The van der Waals surface area contributed by atoms with Crippen molar-refractivity contribution in [3.05, 3.63) is 59.2 Å². The molecule has 2 aromatic rings. The maximum atomic E-state index is 13.4. The zero-order valence-electron chi connectivity index (χ0n) is 9.77. The summed E-state index contributed by atoms with van der Waals surface area (Å²) in [5.74, 6) is -1.33. The summed E-state index contributed by atoms with van der Waals surface area (Å²) in [6.07, 6.45) is 0.506. The molecule has 0 amide bonds. The molecule has 94 valence electrons. The molecule has 0 saturated carbocycles. The van der Waals surface area contributed by atoms with Crippen molar-refractivity contribution in [3.8, 4) is 0 Å². The van der Waals surface area contributed by atoms with Gasteiger partial charge in [0.05, 0.1) is 5.69 Å². The van der Waals surface area contributed by atoms with Crippen LogP contribution in [0.5, 0.6) is 0 Å². The topological polar surface area (TPSA) is 46.0 Å². The van der Waals surface area contributed by atoms with Gasteiger partial charge in [0, 0.05) is 12.6 Å². The molecule has 0 aliphatic carbocycles. The highest BCUT2D eigenvalue weighted by Crippen LogP contribution is 2.19. The van der Waals surface area contributed by atoms with Gasteiger partial charge in [0.25, 0.3) is 0 Å². The summed E-state index contributed by atoms with van der Waals surface area (Å²) in [5.41, 5.74) is 0.518. The minimum Gasteiger partial charge on any atom is -0.386 e. The van der Waals surface area contributed by atoms with E-state index < -0.39 is 17.7 Å². The van der Waals surface area contributed by atoms with Crippen LogP contribution in [0.1, 0.15) is 23.2 Å². The molecule has 0 aliphatic rings. The molecule has 1 aromatic heterocycles. The third-order valence-electron chi connectivity index (χ3n) is 2.58. The summed E-state index contributed by atoms with van der Waals surface area (Å²) >= 11 is 0. The number of aryl methyl sites for hydroxylation is 1. The Labute approximate surface area is 103 Å². The number of hydrogen-bond donors (Lipinski definition) is 1. The fraction of sp³-hybridized carbons (Fsp3) is 0.231. The van der Waals surface area contributed by atoms with Crippen molar-refractivity contribution in [1.82, 2.24) is 9.97 Å². The molecule has 0 spiro atoms. The fourth-order valence-electron chi connectivity index (χ4n) is 1.68. The van der Waals surface area contributed by atoms with Crippen LogP contribution in [-0.2, 0) is 6.42 Å². The minimum absolute atomic E-state index is 0.0277. The summed E-state index contributed by atoms with van der Waals surface area (Å²) in [5, 5.41) is 9.93. The number of aliphatic hydroxyl groups is 1. The summed E-state index contributed by atoms with van der Waals surface area (Å²) in [6.45, 7) is 1.69. The molecule has 18 heavy (non-hydrogen) atoms. The van der Waals surface area contributed by atoms with Crippen LogP contribution in [0.15, 0.2) is 30.5 Å². The van der Waals surface area contributed by atoms with Crippen LogP contribution in [0.25, 0.3) is 0 Å². The first-order valence-corrected chi connectivity index (χ1v) is 5.48. The number of nitrogens with zero attached hydrogens (tertiary/aromatic N) is 2. The quantitative estimate of drug-likeness (QED) is 0.909. The van der Waals surface area contributed by atoms with Crippen LogP contribution >= 0.6 is 0 Å². The molecule has 2 rings (SSSR count). The van der Waals surface area contributed by atoms with Gasteiger partial charge in [0.1, 0.15) is 11.9 Å². The highest BCUT2D eigenvalue weighted by molar-refractivity contribution is 5.21. The van der Waals surface area contributed by atoms with Crippen LogP contribution < -0.4 is 0 Å². The standard InChI is InChI=1S/C13H12F2N2O/c1-8-16-6-5-11(17-8)12(18)7-9-3-2-4-10(14)13(9)15/h2-6,12,18H,7H2,1H3. The van der Waals surface area contributed by atoms with Crippen LogP contribution in [0.2, 0.25) is 0 Å². The van der Waals surface area contributed by atoms with Gasteiger partial charge in [0.2, 0.25) is 0 Å². The normalized spacial score (nSPS) is 12.4. The lowest BCUT2D eigenvalue weighted by Gasteiger charge is -2.11. The van der Waals surface area contributed by atoms with E-state index >= 15 is 0 Å². The Kier molecular flexibility index (Phi) is 3.62. The van der Waals surface area contributed by atoms with Gasteiger partial charge in [-0.3, -0.25) is 0 Å². The molecule has 0 saturated heterocycles. The predicted molar refractivity (Wildman–Crippen MR) is 61.8 cm³/mol. The van der Waals surface area contributed by atoms with Gasteiger partial charge in [-0.05, 0) is 24.6 Å². The lowest BCUT2D eigenvalue weighted by Crippen LogP contribution is -2.07. The Morgan fingerprint density at radius 1 is 1.28 bits per heavy atom. The maximum absolute atomic E-state index is 13.4. The van der Waals surface area contributed by atoms with E-state index in [9.17, 15) is 13.9 Å². The van der Waals surface area contributed by atoms with Crippen LogP contribution in [0, 0.1) is 18.6 Å². The predicted octanol–water partition coefficient (Wildman–Crippen LogP) is 2.34. The van der Waals surface area contributed by atoms with Gasteiger partial charge in [-0.1, -0.05) is 12.1 Å². The number of rotatable bonds is 3. The average Bonchev–Trinajstić information content (AvgIpc) is 2.35. The Bertz CT molecular complexity index is 560. The van der Waals surface area contributed by atoms with Crippen molar-refractivity contribution < 1.29 is 13.9 Å². The summed E-state index contributed by atoms with van der Waals surface area (Å²) in [4.78, 5) is 7.95. The molecular weight excluding hydrogens is 238 g/mol. The summed E-state index contributed by atoms with van der Waals surface area (Å²) in [6, 6.07) is 5.44. The van der Waals surface area contributed by atoms with E-state index in [2.05, 4.69) is 9.97 Å². The van der Waals surface area contributed by atoms with Gasteiger partial charge in [-0.25, -0.2) is 18.7 Å². The van der Waals surface area contributed by atoms with Crippen LogP contribution in [-0.4, -0.2) is 15.1 Å². The molecule has 0 radical (unpaired) electrons. The first-order chi connectivity index (χ1) is 8.58. The smallest absolute Gasteiger partial charge is 0.162 e. The molecule has 5 heteroatoms. The Morgan fingerprint density at radius 3 is 2.78 bits per heavy atom. The number of hydrogen-bond acceptors (Lipinski definition) is 3. The van der Waals surface area contributed by atoms with E-state index in [0.717, 1.165) is 6.07 Å². The van der Waals surface area contributed by atoms with E-state index in [-0.39, 0.29) is 12.0 Å². The maximum Gasteiger partial charge on any atom is 0.162 e. The molecule has 1 heterocycles. The molecule has 1 aromatic carbocycles. The van der Waals surface area contributed by atoms with Gasteiger partial charge in [-0.15, -0.1) is 0 Å². The molecule has 0 bridgehead atoms. The Morgan fingerprint density at radius 2 is 2.06 bits per heavy atom. The second kappa shape index (κ2) is 5.18. The summed E-state index contributed by atoms with van der Waals surface area (Å²) < 4.78 is 26.5. The largest absolute Gasteiger partial charge is 0.386 e. The lowest BCUT2D eigenvalue weighted by molar-refractivity contribution is 0.171. The van der Waals surface area contributed by atoms with Gasteiger partial charge < -0.3 is 5.11 Å². The molecule has 0 fully saturated rings. The average molecular weight is 250 g/mol. The van der Waals surface area contributed by atoms with Crippen LogP contribution in [0.4, 0.5) is 8.78 Å². The summed E-state index contributed by atoms with van der Waals surface area (Å²) in [7, 11) is 0. The number of benzene rings is 1. The van der Waals surface area contributed by atoms with Crippen molar-refractivity contribution in [2.45, 2.75) is 19.4 Å².